The number of anilines is 1. The van der Waals surface area contributed by atoms with Crippen LogP contribution in [-0.2, 0) is 4.79 Å². The summed E-state index contributed by atoms with van der Waals surface area (Å²) >= 11 is 0. The standard InChI is InChI=1S/C19H19N3O3/c1-14-21-22-19(25-14)15-9-11-16(12-10-15)20-18(23)8-5-13-24-17-6-3-2-4-7-17/h2-4,6-7,9-12H,5,8,13H2,1H3,(H,20,23). The third kappa shape index (κ3) is 4.91. The Morgan fingerprint density at radius 1 is 1.08 bits per heavy atom. The van der Waals surface area contributed by atoms with Crippen LogP contribution in [0.5, 0.6) is 5.75 Å². The fraction of sp³-hybridized carbons (Fsp3) is 0.211. The fourth-order valence-electron chi connectivity index (χ4n) is 2.27. The van der Waals surface area contributed by atoms with E-state index in [2.05, 4.69) is 15.5 Å². The third-order valence-electron chi connectivity index (χ3n) is 3.50. The van der Waals surface area contributed by atoms with Gasteiger partial charge < -0.3 is 14.5 Å². The molecular weight excluding hydrogens is 318 g/mol. The number of para-hydroxylation sites is 1. The number of carbonyl (C=O) groups excluding carboxylic acids is 1. The highest BCUT2D eigenvalue weighted by molar-refractivity contribution is 5.90. The summed E-state index contributed by atoms with van der Waals surface area (Å²) in [4.78, 5) is 12.0. The zero-order valence-electron chi connectivity index (χ0n) is 13.9. The Morgan fingerprint density at radius 3 is 2.52 bits per heavy atom. The van der Waals surface area contributed by atoms with Crippen molar-refractivity contribution in [2.45, 2.75) is 19.8 Å². The summed E-state index contributed by atoms with van der Waals surface area (Å²) < 4.78 is 10.9. The molecule has 0 fully saturated rings. The van der Waals surface area contributed by atoms with E-state index in [0.29, 0.717) is 31.2 Å². The van der Waals surface area contributed by atoms with Crippen LogP contribution in [0.25, 0.3) is 11.5 Å². The van der Waals surface area contributed by atoms with Crippen LogP contribution >= 0.6 is 0 Å². The van der Waals surface area contributed by atoms with E-state index in [0.717, 1.165) is 17.0 Å². The molecule has 0 aliphatic heterocycles. The second-order valence-corrected chi connectivity index (χ2v) is 5.52. The first-order valence-electron chi connectivity index (χ1n) is 8.09. The normalized spacial score (nSPS) is 10.4. The van der Waals surface area contributed by atoms with Gasteiger partial charge in [0.15, 0.2) is 0 Å². The first kappa shape index (κ1) is 16.7. The van der Waals surface area contributed by atoms with E-state index in [4.69, 9.17) is 9.15 Å². The molecule has 0 saturated heterocycles. The van der Waals surface area contributed by atoms with Gasteiger partial charge in [-0.2, -0.15) is 0 Å². The lowest BCUT2D eigenvalue weighted by atomic mass is 10.2. The molecule has 0 aliphatic rings. The van der Waals surface area contributed by atoms with Gasteiger partial charge in [-0.05, 0) is 42.8 Å². The van der Waals surface area contributed by atoms with Crippen LogP contribution < -0.4 is 10.1 Å². The van der Waals surface area contributed by atoms with Gasteiger partial charge in [-0.1, -0.05) is 18.2 Å². The number of carbonyl (C=O) groups is 1. The summed E-state index contributed by atoms with van der Waals surface area (Å²) in [7, 11) is 0. The number of hydrogen-bond donors (Lipinski definition) is 1. The number of ether oxygens (including phenoxy) is 1. The number of nitrogens with zero attached hydrogens (tertiary/aromatic N) is 2. The molecule has 1 N–H and O–H groups in total. The van der Waals surface area contributed by atoms with Gasteiger partial charge in [-0.25, -0.2) is 0 Å². The Morgan fingerprint density at radius 2 is 1.84 bits per heavy atom. The van der Waals surface area contributed by atoms with Crippen molar-refractivity contribution in [2.75, 3.05) is 11.9 Å². The molecule has 1 amide bonds. The molecule has 6 heteroatoms. The molecule has 128 valence electrons. The summed E-state index contributed by atoms with van der Waals surface area (Å²) in [6.45, 7) is 2.25. The van der Waals surface area contributed by atoms with Gasteiger partial charge in [-0.15, -0.1) is 10.2 Å². The van der Waals surface area contributed by atoms with Crippen molar-refractivity contribution in [1.29, 1.82) is 0 Å². The summed E-state index contributed by atoms with van der Waals surface area (Å²) in [5.74, 6) is 1.76. The molecule has 0 atom stereocenters. The van der Waals surface area contributed by atoms with Crippen molar-refractivity contribution in [3.63, 3.8) is 0 Å². The fourth-order valence-corrected chi connectivity index (χ4v) is 2.27. The molecule has 0 bridgehead atoms. The van der Waals surface area contributed by atoms with E-state index in [1.54, 1.807) is 6.92 Å². The molecular formula is C19H19N3O3. The molecule has 0 unspecified atom stereocenters. The molecule has 3 aromatic rings. The highest BCUT2D eigenvalue weighted by Crippen LogP contribution is 2.20. The molecule has 0 radical (unpaired) electrons. The highest BCUT2D eigenvalue weighted by atomic mass is 16.5. The second-order valence-electron chi connectivity index (χ2n) is 5.52. The number of rotatable bonds is 7. The summed E-state index contributed by atoms with van der Waals surface area (Å²) in [6.07, 6.45) is 1.05. The third-order valence-corrected chi connectivity index (χ3v) is 3.50. The predicted octanol–water partition coefficient (Wildman–Crippen LogP) is 3.84. The number of nitrogens with one attached hydrogen (secondary N) is 1. The van der Waals surface area contributed by atoms with E-state index >= 15 is 0 Å². The summed E-state index contributed by atoms with van der Waals surface area (Å²) in [5.41, 5.74) is 1.55. The molecule has 0 spiro atoms. The van der Waals surface area contributed by atoms with Gasteiger partial charge in [0.05, 0.1) is 6.61 Å². The van der Waals surface area contributed by atoms with Crippen molar-refractivity contribution in [1.82, 2.24) is 10.2 Å². The van der Waals surface area contributed by atoms with Crippen LogP contribution in [0.4, 0.5) is 5.69 Å². The molecule has 1 heterocycles. The Kier molecular flexibility index (Phi) is 5.41. The lowest BCUT2D eigenvalue weighted by molar-refractivity contribution is -0.116. The average molecular weight is 337 g/mol. The number of aryl methyl sites for hydroxylation is 1. The monoisotopic (exact) mass is 337 g/mol. The van der Waals surface area contributed by atoms with E-state index in [9.17, 15) is 4.79 Å². The van der Waals surface area contributed by atoms with Gasteiger partial charge in [-0.3, -0.25) is 4.79 Å². The topological polar surface area (TPSA) is 77.2 Å². The SMILES string of the molecule is Cc1nnc(-c2ccc(NC(=O)CCCOc3ccccc3)cc2)o1. The molecule has 25 heavy (non-hydrogen) atoms. The van der Waals surface area contributed by atoms with Crippen LogP contribution in [0.15, 0.2) is 59.0 Å². The Balaban J connectivity index is 1.43. The van der Waals surface area contributed by atoms with Crippen LogP contribution in [0.2, 0.25) is 0 Å². The first-order valence-corrected chi connectivity index (χ1v) is 8.09. The quantitative estimate of drug-likeness (QED) is 0.663. The number of benzene rings is 2. The number of hydrogen-bond acceptors (Lipinski definition) is 5. The smallest absolute Gasteiger partial charge is 0.247 e. The first-order chi connectivity index (χ1) is 12.2. The van der Waals surface area contributed by atoms with Crippen molar-refractivity contribution < 1.29 is 13.9 Å². The van der Waals surface area contributed by atoms with Crippen molar-refractivity contribution in [3.8, 4) is 17.2 Å². The van der Waals surface area contributed by atoms with Gasteiger partial charge >= 0.3 is 0 Å². The maximum Gasteiger partial charge on any atom is 0.247 e. The molecule has 0 saturated carbocycles. The lowest BCUT2D eigenvalue weighted by Crippen LogP contribution is -2.12. The summed E-state index contributed by atoms with van der Waals surface area (Å²) in [6, 6.07) is 16.9. The van der Waals surface area contributed by atoms with Gasteiger partial charge in [0.2, 0.25) is 17.7 Å². The zero-order chi connectivity index (χ0) is 17.5. The lowest BCUT2D eigenvalue weighted by Gasteiger charge is -2.07. The van der Waals surface area contributed by atoms with Crippen LogP contribution in [0.1, 0.15) is 18.7 Å². The summed E-state index contributed by atoms with van der Waals surface area (Å²) in [5, 5.41) is 10.6. The van der Waals surface area contributed by atoms with Crippen molar-refractivity contribution >= 4 is 11.6 Å². The molecule has 0 aliphatic carbocycles. The number of amides is 1. The van der Waals surface area contributed by atoms with E-state index in [1.807, 2.05) is 54.6 Å². The maximum absolute atomic E-state index is 12.0. The highest BCUT2D eigenvalue weighted by Gasteiger charge is 2.07. The van der Waals surface area contributed by atoms with Crippen molar-refractivity contribution in [2.24, 2.45) is 0 Å². The van der Waals surface area contributed by atoms with E-state index < -0.39 is 0 Å². The second kappa shape index (κ2) is 8.10. The molecule has 1 aromatic heterocycles. The Hall–Kier alpha value is -3.15. The number of aromatic nitrogens is 2. The minimum Gasteiger partial charge on any atom is -0.494 e. The van der Waals surface area contributed by atoms with Gasteiger partial charge in [0.25, 0.3) is 0 Å². The van der Waals surface area contributed by atoms with E-state index in [-0.39, 0.29) is 5.91 Å². The van der Waals surface area contributed by atoms with E-state index in [1.165, 1.54) is 0 Å². The average Bonchev–Trinajstić information content (AvgIpc) is 3.07. The minimum atomic E-state index is -0.0435. The van der Waals surface area contributed by atoms with Crippen LogP contribution in [0, 0.1) is 6.92 Å². The van der Waals surface area contributed by atoms with Crippen LogP contribution in [0.3, 0.4) is 0 Å². The van der Waals surface area contributed by atoms with Crippen molar-refractivity contribution in [3.05, 3.63) is 60.5 Å². The molecule has 6 nitrogen and oxygen atoms in total. The minimum absolute atomic E-state index is 0.0435. The van der Waals surface area contributed by atoms with Crippen LogP contribution in [-0.4, -0.2) is 22.7 Å². The largest absolute Gasteiger partial charge is 0.494 e. The molecule has 3 rings (SSSR count). The zero-order valence-corrected chi connectivity index (χ0v) is 13.9. The molecule has 2 aromatic carbocycles. The Bertz CT molecular complexity index is 813. The Labute approximate surface area is 145 Å². The van der Waals surface area contributed by atoms with Gasteiger partial charge in [0, 0.05) is 24.6 Å². The maximum atomic E-state index is 12.0. The predicted molar refractivity (Wildman–Crippen MR) is 94.3 cm³/mol. The van der Waals surface area contributed by atoms with Gasteiger partial charge in [0.1, 0.15) is 5.75 Å².